The molecule has 3 aromatic rings. The first-order valence-electron chi connectivity index (χ1n) is 11.6. The van der Waals surface area contributed by atoms with Crippen LogP contribution in [0.1, 0.15) is 30.5 Å². The summed E-state index contributed by atoms with van der Waals surface area (Å²) in [6.45, 7) is 4.09. The Hall–Kier alpha value is -2.18. The van der Waals surface area contributed by atoms with E-state index < -0.39 is 6.04 Å². The Morgan fingerprint density at radius 3 is 2.25 bits per heavy atom. The molecule has 190 valence electrons. The van der Waals surface area contributed by atoms with Gasteiger partial charge in [0, 0.05) is 29.8 Å². The Balaban J connectivity index is 1.84. The Kier molecular flexibility index (Phi) is 11.0. The third-order valence-electron chi connectivity index (χ3n) is 5.42. The number of benzene rings is 3. The first-order chi connectivity index (χ1) is 17.2. The van der Waals surface area contributed by atoms with Gasteiger partial charge in [-0.25, -0.2) is 0 Å². The standard InChI is InChI=1S/C28H29Cl3N2O2S/c1-19(2)32-28(35)26(15-20-7-4-3-5-8-20)33(16-21-9-6-10-23(29)13-21)27(34)18-36-17-22-11-12-24(30)25(31)14-22/h3-14,19,26H,15-18H2,1-2H3,(H,32,35). The van der Waals surface area contributed by atoms with Crippen LogP contribution in [-0.4, -0.2) is 34.6 Å². The Morgan fingerprint density at radius 2 is 1.58 bits per heavy atom. The molecule has 1 N–H and O–H groups in total. The molecule has 1 atom stereocenters. The largest absolute Gasteiger partial charge is 0.352 e. The summed E-state index contributed by atoms with van der Waals surface area (Å²) in [5.41, 5.74) is 2.82. The lowest BCUT2D eigenvalue weighted by molar-refractivity contribution is -0.139. The third-order valence-corrected chi connectivity index (χ3v) is 7.38. The van der Waals surface area contributed by atoms with Crippen LogP contribution in [0.5, 0.6) is 0 Å². The topological polar surface area (TPSA) is 49.4 Å². The molecule has 8 heteroatoms. The first kappa shape index (κ1) is 28.4. The zero-order valence-electron chi connectivity index (χ0n) is 20.2. The van der Waals surface area contributed by atoms with E-state index in [1.54, 1.807) is 23.1 Å². The predicted octanol–water partition coefficient (Wildman–Crippen LogP) is 7.04. The SMILES string of the molecule is CC(C)NC(=O)C(Cc1ccccc1)N(Cc1cccc(Cl)c1)C(=O)CSCc1ccc(Cl)c(Cl)c1. The number of thioether (sulfide) groups is 1. The van der Waals surface area contributed by atoms with Crippen LogP contribution in [0.2, 0.25) is 15.1 Å². The number of halogens is 3. The van der Waals surface area contributed by atoms with E-state index in [0.717, 1.165) is 16.7 Å². The van der Waals surface area contributed by atoms with Gasteiger partial charge in [-0.15, -0.1) is 11.8 Å². The molecule has 3 rings (SSSR count). The molecule has 0 spiro atoms. The van der Waals surface area contributed by atoms with E-state index in [4.69, 9.17) is 34.8 Å². The Labute approximate surface area is 232 Å². The highest BCUT2D eigenvalue weighted by Crippen LogP contribution is 2.25. The minimum absolute atomic E-state index is 0.0528. The molecule has 4 nitrogen and oxygen atoms in total. The van der Waals surface area contributed by atoms with Gasteiger partial charge in [0.2, 0.25) is 11.8 Å². The van der Waals surface area contributed by atoms with E-state index >= 15 is 0 Å². The maximum atomic E-state index is 13.6. The van der Waals surface area contributed by atoms with Crippen molar-refractivity contribution >= 4 is 58.4 Å². The maximum Gasteiger partial charge on any atom is 0.243 e. The maximum absolute atomic E-state index is 13.6. The summed E-state index contributed by atoms with van der Waals surface area (Å²) in [6, 6.07) is 21.8. The fourth-order valence-electron chi connectivity index (χ4n) is 3.74. The molecule has 0 fully saturated rings. The number of rotatable bonds is 11. The molecule has 2 amide bonds. The van der Waals surface area contributed by atoms with Gasteiger partial charge >= 0.3 is 0 Å². The van der Waals surface area contributed by atoms with E-state index in [0.29, 0.717) is 27.2 Å². The van der Waals surface area contributed by atoms with Gasteiger partial charge in [-0.2, -0.15) is 0 Å². The van der Waals surface area contributed by atoms with Crippen molar-refractivity contribution in [3.05, 3.63) is 105 Å². The highest BCUT2D eigenvalue weighted by atomic mass is 35.5. The Bertz CT molecular complexity index is 1170. The molecule has 0 bridgehead atoms. The van der Waals surface area contributed by atoms with Crippen molar-refractivity contribution in [2.24, 2.45) is 0 Å². The second-order valence-electron chi connectivity index (χ2n) is 8.76. The second-order valence-corrected chi connectivity index (χ2v) is 11.0. The monoisotopic (exact) mass is 562 g/mol. The van der Waals surface area contributed by atoms with Gasteiger partial charge in [-0.1, -0.05) is 83.3 Å². The zero-order chi connectivity index (χ0) is 26.1. The highest BCUT2D eigenvalue weighted by Gasteiger charge is 2.30. The van der Waals surface area contributed by atoms with Crippen LogP contribution in [0.4, 0.5) is 0 Å². The van der Waals surface area contributed by atoms with E-state index in [1.807, 2.05) is 68.4 Å². The number of amides is 2. The predicted molar refractivity (Wildman–Crippen MR) is 152 cm³/mol. The third kappa shape index (κ3) is 8.74. The summed E-state index contributed by atoms with van der Waals surface area (Å²) in [7, 11) is 0. The van der Waals surface area contributed by atoms with Crippen LogP contribution >= 0.6 is 46.6 Å². The van der Waals surface area contributed by atoms with Gasteiger partial charge in [0.05, 0.1) is 15.8 Å². The molecular formula is C28H29Cl3N2O2S. The number of nitrogens with one attached hydrogen (secondary N) is 1. The molecular weight excluding hydrogens is 535 g/mol. The molecule has 3 aromatic carbocycles. The van der Waals surface area contributed by atoms with Gasteiger partial charge in [0.25, 0.3) is 0 Å². The summed E-state index contributed by atoms with van der Waals surface area (Å²) >= 11 is 19.8. The minimum Gasteiger partial charge on any atom is -0.352 e. The fraction of sp³-hybridized carbons (Fsp3) is 0.286. The van der Waals surface area contributed by atoms with Gasteiger partial charge in [0.1, 0.15) is 6.04 Å². The lowest BCUT2D eigenvalue weighted by atomic mass is 10.0. The lowest BCUT2D eigenvalue weighted by Gasteiger charge is -2.32. The van der Waals surface area contributed by atoms with Crippen LogP contribution in [0, 0.1) is 0 Å². The van der Waals surface area contributed by atoms with Crippen LogP contribution in [-0.2, 0) is 28.3 Å². The molecule has 1 unspecified atom stereocenters. The normalized spacial score (nSPS) is 11.8. The average molecular weight is 564 g/mol. The number of hydrogen-bond donors (Lipinski definition) is 1. The summed E-state index contributed by atoms with van der Waals surface area (Å²) in [4.78, 5) is 28.6. The van der Waals surface area contributed by atoms with Crippen LogP contribution < -0.4 is 5.32 Å². The molecule has 0 saturated carbocycles. The van der Waals surface area contributed by atoms with Crippen molar-refractivity contribution in [1.29, 1.82) is 0 Å². The van der Waals surface area contributed by atoms with Gasteiger partial charge in [-0.05, 0) is 54.8 Å². The summed E-state index contributed by atoms with van der Waals surface area (Å²) in [5, 5.41) is 4.56. The summed E-state index contributed by atoms with van der Waals surface area (Å²) < 4.78 is 0. The molecule has 0 aromatic heterocycles. The molecule has 0 aliphatic rings. The highest BCUT2D eigenvalue weighted by molar-refractivity contribution is 7.99. The molecule has 0 heterocycles. The van der Waals surface area contributed by atoms with E-state index in [2.05, 4.69) is 5.32 Å². The summed E-state index contributed by atoms with van der Waals surface area (Å²) in [6.07, 6.45) is 0.406. The van der Waals surface area contributed by atoms with Crippen molar-refractivity contribution in [2.45, 2.75) is 44.6 Å². The number of carbonyl (C=O) groups excluding carboxylic acids is 2. The fourth-order valence-corrected chi connectivity index (χ4v) is 5.13. The van der Waals surface area contributed by atoms with E-state index in [9.17, 15) is 9.59 Å². The van der Waals surface area contributed by atoms with Crippen molar-refractivity contribution < 1.29 is 9.59 Å². The zero-order valence-corrected chi connectivity index (χ0v) is 23.3. The van der Waals surface area contributed by atoms with Crippen LogP contribution in [0.3, 0.4) is 0 Å². The number of carbonyl (C=O) groups is 2. The molecule has 0 aliphatic heterocycles. The van der Waals surface area contributed by atoms with E-state index in [-0.39, 0.29) is 30.2 Å². The van der Waals surface area contributed by atoms with Crippen molar-refractivity contribution in [3.63, 3.8) is 0 Å². The minimum atomic E-state index is -0.674. The second kappa shape index (κ2) is 13.9. The van der Waals surface area contributed by atoms with Gasteiger partial charge in [0.15, 0.2) is 0 Å². The lowest BCUT2D eigenvalue weighted by Crippen LogP contribution is -2.52. The van der Waals surface area contributed by atoms with Crippen molar-refractivity contribution in [2.75, 3.05) is 5.75 Å². The van der Waals surface area contributed by atoms with Crippen LogP contribution in [0.25, 0.3) is 0 Å². The molecule has 0 radical (unpaired) electrons. The Morgan fingerprint density at radius 1 is 0.861 bits per heavy atom. The molecule has 36 heavy (non-hydrogen) atoms. The smallest absolute Gasteiger partial charge is 0.243 e. The van der Waals surface area contributed by atoms with Gasteiger partial charge in [-0.3, -0.25) is 9.59 Å². The van der Waals surface area contributed by atoms with Gasteiger partial charge < -0.3 is 10.2 Å². The first-order valence-corrected chi connectivity index (χ1v) is 13.9. The van der Waals surface area contributed by atoms with E-state index in [1.165, 1.54) is 11.8 Å². The molecule has 0 aliphatic carbocycles. The quantitative estimate of drug-likeness (QED) is 0.272. The number of hydrogen-bond acceptors (Lipinski definition) is 3. The number of nitrogens with zero attached hydrogens (tertiary/aromatic N) is 1. The molecule has 0 saturated heterocycles. The van der Waals surface area contributed by atoms with Crippen molar-refractivity contribution in [1.82, 2.24) is 10.2 Å². The van der Waals surface area contributed by atoms with Crippen molar-refractivity contribution in [3.8, 4) is 0 Å². The summed E-state index contributed by atoms with van der Waals surface area (Å²) in [5.74, 6) is 0.495. The van der Waals surface area contributed by atoms with Crippen LogP contribution in [0.15, 0.2) is 72.8 Å². The average Bonchev–Trinajstić information content (AvgIpc) is 2.83.